The fraction of sp³-hybridized carbons (Fsp3) is 1.00. The van der Waals surface area contributed by atoms with Gasteiger partial charge in [0.2, 0.25) is 0 Å². The Hall–Kier alpha value is -0.200. The molecule has 0 radical (unpaired) electrons. The summed E-state index contributed by atoms with van der Waals surface area (Å²) in [6.07, 6.45) is -11.7. The molecule has 0 aromatic rings. The Kier molecular flexibility index (Phi) is 2.08. The molecule has 1 saturated heterocycles. The first-order valence-corrected chi connectivity index (χ1v) is 4.49. The van der Waals surface area contributed by atoms with Crippen LogP contribution >= 0.6 is 0 Å². The zero-order chi connectivity index (χ0) is 18.4. The number of hydrogen-bond acceptors (Lipinski definition) is 5. The first kappa shape index (κ1) is 5.42. The molecule has 4 atom stereocenters. The highest BCUT2D eigenvalue weighted by atomic mass is 16.4. The molecular formula is C10H21NO4. The van der Waals surface area contributed by atoms with Crippen LogP contribution < -0.4 is 0 Å². The van der Waals surface area contributed by atoms with Crippen molar-refractivity contribution < 1.29 is 31.4 Å². The van der Waals surface area contributed by atoms with Crippen LogP contribution in [0.1, 0.15) is 30.6 Å². The van der Waals surface area contributed by atoms with Gasteiger partial charge in [0, 0.05) is 17.5 Å². The molecule has 15 heavy (non-hydrogen) atoms. The molecule has 1 fully saturated rings. The van der Waals surface area contributed by atoms with Crippen LogP contribution in [0.5, 0.6) is 0 Å². The number of hydrogen-bond donors (Lipinski definition) is 4. The van der Waals surface area contributed by atoms with Crippen LogP contribution in [0.2, 0.25) is 0 Å². The number of rotatable bonds is 4. The van der Waals surface area contributed by atoms with Crippen molar-refractivity contribution in [2.24, 2.45) is 0 Å². The normalized spacial score (nSPS) is 49.1. The number of aliphatic hydroxyl groups excluding tert-OH is 4. The molecule has 4 N–H and O–H groups in total. The number of nitrogens with zero attached hydrogens (tertiary/aromatic N) is 1. The van der Waals surface area contributed by atoms with E-state index in [1.165, 1.54) is 0 Å². The number of likely N-dealkylation sites (tertiary alicyclic amines) is 1. The first-order valence-electron chi connectivity index (χ1n) is 8.65. The summed E-state index contributed by atoms with van der Waals surface area (Å²) in [6, 6.07) is -1.50. The van der Waals surface area contributed by atoms with Gasteiger partial charge < -0.3 is 20.4 Å². The number of aliphatic hydroxyl groups is 4. The molecule has 0 bridgehead atoms. The summed E-state index contributed by atoms with van der Waals surface area (Å²) < 4.78 is 60.7. The summed E-state index contributed by atoms with van der Waals surface area (Å²) in [6.45, 7) is -7.08. The van der Waals surface area contributed by atoms with E-state index in [9.17, 15) is 20.4 Å². The van der Waals surface area contributed by atoms with E-state index in [4.69, 9.17) is 11.0 Å². The molecule has 0 aliphatic carbocycles. The van der Waals surface area contributed by atoms with Crippen LogP contribution in [0.4, 0.5) is 0 Å². The minimum absolute atomic E-state index is 0.523. The lowest BCUT2D eigenvalue weighted by Crippen LogP contribution is -2.62. The van der Waals surface area contributed by atoms with E-state index in [1.807, 2.05) is 0 Å². The van der Waals surface area contributed by atoms with Gasteiger partial charge in [-0.2, -0.15) is 0 Å². The summed E-state index contributed by atoms with van der Waals surface area (Å²) in [5.74, 6) is 0. The maximum atomic E-state index is 9.85. The van der Waals surface area contributed by atoms with Gasteiger partial charge in [-0.1, -0.05) is 13.2 Å². The Bertz CT molecular complexity index is 424. The molecule has 0 aromatic heterocycles. The standard InChI is InChI=1S/C10H21NO4/c1-2-3-4-11-5-8(13)10(15)9(14)7(11)6-12/h7-10,12-15H,2-6H2,1H3/t7-,8+,9-,10-/m1/s1/i1D2,2D2,3D2,4D2. The van der Waals surface area contributed by atoms with Crippen LogP contribution in [0.3, 0.4) is 0 Å². The molecule has 5 nitrogen and oxygen atoms in total. The number of piperidine rings is 1. The minimum Gasteiger partial charge on any atom is -0.395 e. The molecule has 1 aliphatic heterocycles. The number of β-amino-alcohol motifs (C(OH)–C–C–N with tert-alkyl or cyclic N) is 1. The second-order valence-corrected chi connectivity index (χ2v) is 3.33. The summed E-state index contributed by atoms with van der Waals surface area (Å²) in [5, 5.41) is 38.5. The molecule has 1 rings (SSSR count). The quantitative estimate of drug-likeness (QED) is 0.472. The van der Waals surface area contributed by atoms with E-state index in [0.29, 0.717) is 4.90 Å². The predicted molar refractivity (Wildman–Crippen MR) is 55.4 cm³/mol. The van der Waals surface area contributed by atoms with Gasteiger partial charge in [0.15, 0.2) is 0 Å². The molecule has 5 heteroatoms. The zero-order valence-electron chi connectivity index (χ0n) is 16.0. The molecule has 0 amide bonds. The Morgan fingerprint density at radius 2 is 2.13 bits per heavy atom. The highest BCUT2D eigenvalue weighted by molar-refractivity contribution is 4.93. The van der Waals surface area contributed by atoms with Gasteiger partial charge in [-0.05, 0) is 12.9 Å². The lowest BCUT2D eigenvalue weighted by atomic mass is 9.94. The average Bonchev–Trinajstić information content (AvgIpc) is 2.43. The molecule has 1 heterocycles. The van der Waals surface area contributed by atoms with Gasteiger partial charge in [-0.3, -0.25) is 4.90 Å². The highest BCUT2D eigenvalue weighted by Crippen LogP contribution is 2.19. The SMILES string of the molecule is [2H]C([2H])C([2H])([2H])C([2H])([2H])C([2H])([2H])N1C[C@H](O)[C@@H](O)[C@H](O)[C@H]1CO. The smallest absolute Gasteiger partial charge is 0.109 e. The molecule has 0 unspecified atom stereocenters. The van der Waals surface area contributed by atoms with Gasteiger partial charge in [-0.25, -0.2) is 0 Å². The molecule has 0 saturated carbocycles. The van der Waals surface area contributed by atoms with Crippen molar-refractivity contribution in [1.29, 1.82) is 0 Å². The molecular weight excluding hydrogens is 198 g/mol. The Labute approximate surface area is 101 Å². The molecule has 90 valence electrons. The van der Waals surface area contributed by atoms with Gasteiger partial charge in [0.1, 0.15) is 12.2 Å². The Morgan fingerprint density at radius 3 is 2.73 bits per heavy atom. The highest BCUT2D eigenvalue weighted by Gasteiger charge is 2.40. The third kappa shape index (κ3) is 2.89. The van der Waals surface area contributed by atoms with Crippen molar-refractivity contribution in [1.82, 2.24) is 4.90 Å². The van der Waals surface area contributed by atoms with E-state index < -0.39 is 63.6 Å². The second kappa shape index (κ2) is 5.77. The van der Waals surface area contributed by atoms with Crippen molar-refractivity contribution in [3.05, 3.63) is 0 Å². The monoisotopic (exact) mass is 227 g/mol. The third-order valence-electron chi connectivity index (χ3n) is 2.38. The van der Waals surface area contributed by atoms with Crippen molar-refractivity contribution in [3.8, 4) is 0 Å². The fourth-order valence-electron chi connectivity index (χ4n) is 1.52. The van der Waals surface area contributed by atoms with Gasteiger partial charge in [0.25, 0.3) is 0 Å². The largest absolute Gasteiger partial charge is 0.395 e. The van der Waals surface area contributed by atoms with Crippen LogP contribution in [-0.4, -0.2) is 69.3 Å². The average molecular weight is 227 g/mol. The van der Waals surface area contributed by atoms with E-state index >= 15 is 0 Å². The first-order chi connectivity index (χ1) is 10.2. The Balaban J connectivity index is 3.29. The fourth-order valence-corrected chi connectivity index (χ4v) is 1.52. The van der Waals surface area contributed by atoms with E-state index in [-0.39, 0.29) is 0 Å². The summed E-state index contributed by atoms with van der Waals surface area (Å²) in [7, 11) is 0. The molecule has 1 aliphatic rings. The minimum atomic E-state index is -3.39. The van der Waals surface area contributed by atoms with Gasteiger partial charge in [0.05, 0.1) is 18.8 Å². The van der Waals surface area contributed by atoms with E-state index in [1.54, 1.807) is 0 Å². The predicted octanol–water partition coefficient (Wildman–Crippen LogP) is -1.45. The van der Waals surface area contributed by atoms with Crippen molar-refractivity contribution in [3.63, 3.8) is 0 Å². The maximum Gasteiger partial charge on any atom is 0.109 e. The van der Waals surface area contributed by atoms with Gasteiger partial charge >= 0.3 is 0 Å². The summed E-state index contributed by atoms with van der Waals surface area (Å²) in [4.78, 5) is 0.523. The van der Waals surface area contributed by atoms with Crippen molar-refractivity contribution in [2.75, 3.05) is 19.6 Å². The Morgan fingerprint density at radius 1 is 1.40 bits per heavy atom. The van der Waals surface area contributed by atoms with Gasteiger partial charge in [-0.15, -0.1) is 0 Å². The summed E-state index contributed by atoms with van der Waals surface area (Å²) in [5.41, 5.74) is 0. The lowest BCUT2D eigenvalue weighted by molar-refractivity contribution is -0.145. The lowest BCUT2D eigenvalue weighted by Gasteiger charge is -2.43. The molecule has 0 spiro atoms. The van der Waals surface area contributed by atoms with Crippen molar-refractivity contribution >= 4 is 0 Å². The third-order valence-corrected chi connectivity index (χ3v) is 2.38. The van der Waals surface area contributed by atoms with Crippen LogP contribution in [-0.2, 0) is 0 Å². The second-order valence-electron chi connectivity index (χ2n) is 3.33. The molecule has 0 aromatic carbocycles. The zero-order valence-corrected chi connectivity index (χ0v) is 8.04. The van der Waals surface area contributed by atoms with E-state index in [2.05, 4.69) is 0 Å². The van der Waals surface area contributed by atoms with Crippen LogP contribution in [0.15, 0.2) is 0 Å². The van der Waals surface area contributed by atoms with Crippen LogP contribution in [0.25, 0.3) is 0 Å². The van der Waals surface area contributed by atoms with Crippen LogP contribution in [0, 0.1) is 0 Å². The topological polar surface area (TPSA) is 84.2 Å². The van der Waals surface area contributed by atoms with E-state index in [0.717, 1.165) is 0 Å². The summed E-state index contributed by atoms with van der Waals surface area (Å²) >= 11 is 0. The maximum absolute atomic E-state index is 9.85. The van der Waals surface area contributed by atoms with Crippen molar-refractivity contribution in [2.45, 2.75) is 44.0 Å².